The zero-order valence-corrected chi connectivity index (χ0v) is 11.0. The molecule has 78 valence electrons. The third-order valence-electron chi connectivity index (χ3n) is 2.38. The average molecular weight is 276 g/mol. The fourth-order valence-electron chi connectivity index (χ4n) is 1.33. The van der Waals surface area contributed by atoms with Gasteiger partial charge in [0, 0.05) is 10.4 Å². The van der Waals surface area contributed by atoms with Gasteiger partial charge >= 0.3 is 0 Å². The molecule has 1 unspecified atom stereocenters. The fraction of sp³-hybridized carbons (Fsp3) is 0.500. The van der Waals surface area contributed by atoms with Crippen molar-refractivity contribution in [3.63, 3.8) is 0 Å². The monoisotopic (exact) mass is 274 g/mol. The summed E-state index contributed by atoms with van der Waals surface area (Å²) in [5, 5.41) is 1.98. The van der Waals surface area contributed by atoms with Crippen LogP contribution in [0.3, 0.4) is 0 Å². The van der Waals surface area contributed by atoms with Gasteiger partial charge in [0.2, 0.25) is 0 Å². The van der Waals surface area contributed by atoms with E-state index in [1.54, 1.807) is 0 Å². The first-order valence-corrected chi connectivity index (χ1v) is 6.44. The SMILES string of the molecule is Cc1ccc(CCC(C)CBr)c(Cl)c1. The summed E-state index contributed by atoms with van der Waals surface area (Å²) in [5.74, 6) is 0.715. The van der Waals surface area contributed by atoms with E-state index in [1.165, 1.54) is 17.5 Å². The van der Waals surface area contributed by atoms with Gasteiger partial charge in [-0.2, -0.15) is 0 Å². The molecule has 0 bridgehead atoms. The molecule has 0 aliphatic heterocycles. The third-order valence-corrected chi connectivity index (χ3v) is 3.84. The lowest BCUT2D eigenvalue weighted by Crippen LogP contribution is -1.98. The number of aryl methyl sites for hydroxylation is 2. The van der Waals surface area contributed by atoms with Gasteiger partial charge in [-0.3, -0.25) is 0 Å². The molecule has 2 heteroatoms. The van der Waals surface area contributed by atoms with E-state index in [0.717, 1.165) is 16.8 Å². The molecular formula is C12H16BrCl. The van der Waals surface area contributed by atoms with Gasteiger partial charge in [-0.1, -0.05) is 46.6 Å². The zero-order valence-electron chi connectivity index (χ0n) is 8.69. The van der Waals surface area contributed by atoms with Crippen LogP contribution >= 0.6 is 27.5 Å². The summed E-state index contributed by atoms with van der Waals surface area (Å²) in [5.41, 5.74) is 2.50. The normalized spacial score (nSPS) is 12.9. The van der Waals surface area contributed by atoms with Crippen LogP contribution in [0, 0.1) is 12.8 Å². The Bertz CT molecular complexity index is 296. The standard InChI is InChI=1S/C12H16BrCl/c1-9-3-5-11(12(14)7-9)6-4-10(2)8-13/h3,5,7,10H,4,6,8H2,1-2H3. The lowest BCUT2D eigenvalue weighted by molar-refractivity contribution is 0.600. The Balaban J connectivity index is 2.59. The van der Waals surface area contributed by atoms with Gasteiger partial charge < -0.3 is 0 Å². The maximum absolute atomic E-state index is 6.14. The summed E-state index contributed by atoms with van der Waals surface area (Å²) in [4.78, 5) is 0. The van der Waals surface area contributed by atoms with E-state index in [-0.39, 0.29) is 0 Å². The average Bonchev–Trinajstić information content (AvgIpc) is 2.16. The quantitative estimate of drug-likeness (QED) is 0.704. The first-order chi connectivity index (χ1) is 6.63. The summed E-state index contributed by atoms with van der Waals surface area (Å²) >= 11 is 9.63. The van der Waals surface area contributed by atoms with Crippen LogP contribution in [0.2, 0.25) is 5.02 Å². The second-order valence-electron chi connectivity index (χ2n) is 3.89. The summed E-state index contributed by atoms with van der Waals surface area (Å²) in [7, 11) is 0. The molecule has 14 heavy (non-hydrogen) atoms. The molecule has 0 aliphatic carbocycles. The molecule has 1 atom stereocenters. The van der Waals surface area contributed by atoms with Crippen LogP contribution in [0.4, 0.5) is 0 Å². The Hall–Kier alpha value is -0.0100. The Morgan fingerprint density at radius 3 is 2.71 bits per heavy atom. The topological polar surface area (TPSA) is 0 Å². The van der Waals surface area contributed by atoms with Crippen LogP contribution in [0.15, 0.2) is 18.2 Å². The largest absolute Gasteiger partial charge is 0.0925 e. The number of hydrogen-bond donors (Lipinski definition) is 0. The van der Waals surface area contributed by atoms with Crippen molar-refractivity contribution in [3.8, 4) is 0 Å². The lowest BCUT2D eigenvalue weighted by Gasteiger charge is -2.08. The highest BCUT2D eigenvalue weighted by molar-refractivity contribution is 9.09. The van der Waals surface area contributed by atoms with Gasteiger partial charge in [0.15, 0.2) is 0 Å². The van der Waals surface area contributed by atoms with Gasteiger partial charge in [0.1, 0.15) is 0 Å². The molecule has 0 amide bonds. The van der Waals surface area contributed by atoms with Gasteiger partial charge in [0.25, 0.3) is 0 Å². The van der Waals surface area contributed by atoms with Crippen LogP contribution in [-0.4, -0.2) is 5.33 Å². The van der Waals surface area contributed by atoms with E-state index in [9.17, 15) is 0 Å². The molecule has 1 aromatic rings. The highest BCUT2D eigenvalue weighted by atomic mass is 79.9. The van der Waals surface area contributed by atoms with Crippen molar-refractivity contribution in [1.29, 1.82) is 0 Å². The minimum absolute atomic E-state index is 0.715. The Morgan fingerprint density at radius 1 is 1.43 bits per heavy atom. The summed E-state index contributed by atoms with van der Waals surface area (Å²) in [6.07, 6.45) is 2.26. The fourth-order valence-corrected chi connectivity index (χ4v) is 1.99. The van der Waals surface area contributed by atoms with Crippen molar-refractivity contribution in [2.45, 2.75) is 26.7 Å². The van der Waals surface area contributed by atoms with Crippen molar-refractivity contribution in [3.05, 3.63) is 34.3 Å². The smallest absolute Gasteiger partial charge is 0.0440 e. The van der Waals surface area contributed by atoms with E-state index in [2.05, 4.69) is 41.9 Å². The molecule has 0 fully saturated rings. The van der Waals surface area contributed by atoms with E-state index >= 15 is 0 Å². The molecule has 1 rings (SSSR count). The van der Waals surface area contributed by atoms with Gasteiger partial charge in [-0.25, -0.2) is 0 Å². The van der Waals surface area contributed by atoms with Gasteiger partial charge in [0.05, 0.1) is 0 Å². The summed E-state index contributed by atoms with van der Waals surface area (Å²) < 4.78 is 0. The zero-order chi connectivity index (χ0) is 10.6. The molecule has 0 aliphatic rings. The second kappa shape index (κ2) is 5.77. The summed E-state index contributed by atoms with van der Waals surface area (Å²) in [6.45, 7) is 4.31. The summed E-state index contributed by atoms with van der Waals surface area (Å²) in [6, 6.07) is 6.30. The maximum Gasteiger partial charge on any atom is 0.0440 e. The molecule has 0 saturated heterocycles. The molecule has 0 radical (unpaired) electrons. The van der Waals surface area contributed by atoms with Crippen molar-refractivity contribution >= 4 is 27.5 Å². The molecule has 1 aromatic carbocycles. The number of hydrogen-bond acceptors (Lipinski definition) is 0. The van der Waals surface area contributed by atoms with E-state index in [0.29, 0.717) is 5.92 Å². The minimum atomic E-state index is 0.715. The molecule has 0 N–H and O–H groups in total. The van der Waals surface area contributed by atoms with Crippen LogP contribution in [0.5, 0.6) is 0 Å². The first kappa shape index (κ1) is 12.1. The molecule has 0 saturated carbocycles. The molecule has 0 heterocycles. The van der Waals surface area contributed by atoms with E-state index < -0.39 is 0 Å². The number of benzene rings is 1. The van der Waals surface area contributed by atoms with Crippen molar-refractivity contribution in [2.24, 2.45) is 5.92 Å². The predicted octanol–water partition coefficient (Wildman–Crippen LogP) is 4.61. The number of rotatable bonds is 4. The van der Waals surface area contributed by atoms with Crippen LogP contribution in [0.25, 0.3) is 0 Å². The molecular weight excluding hydrogens is 259 g/mol. The highest BCUT2D eigenvalue weighted by Crippen LogP contribution is 2.20. The number of halogens is 2. The Morgan fingerprint density at radius 2 is 2.14 bits per heavy atom. The Labute approximate surface area is 99.8 Å². The first-order valence-electron chi connectivity index (χ1n) is 4.94. The molecule has 0 aromatic heterocycles. The lowest BCUT2D eigenvalue weighted by atomic mass is 10.0. The van der Waals surface area contributed by atoms with Crippen molar-refractivity contribution in [2.75, 3.05) is 5.33 Å². The highest BCUT2D eigenvalue weighted by Gasteiger charge is 2.04. The predicted molar refractivity (Wildman–Crippen MR) is 67.5 cm³/mol. The number of alkyl halides is 1. The molecule has 0 spiro atoms. The van der Waals surface area contributed by atoms with Gasteiger partial charge in [-0.15, -0.1) is 0 Å². The van der Waals surface area contributed by atoms with Crippen LogP contribution in [-0.2, 0) is 6.42 Å². The minimum Gasteiger partial charge on any atom is -0.0925 e. The van der Waals surface area contributed by atoms with Crippen LogP contribution < -0.4 is 0 Å². The van der Waals surface area contributed by atoms with Gasteiger partial charge in [-0.05, 0) is 42.9 Å². The van der Waals surface area contributed by atoms with E-state index in [1.807, 2.05) is 6.07 Å². The van der Waals surface area contributed by atoms with E-state index in [4.69, 9.17) is 11.6 Å². The third kappa shape index (κ3) is 3.62. The van der Waals surface area contributed by atoms with Crippen LogP contribution in [0.1, 0.15) is 24.5 Å². The Kier molecular flexibility index (Phi) is 4.97. The molecule has 0 nitrogen and oxygen atoms in total. The van der Waals surface area contributed by atoms with Crippen molar-refractivity contribution < 1.29 is 0 Å². The maximum atomic E-state index is 6.14. The second-order valence-corrected chi connectivity index (χ2v) is 4.95. The van der Waals surface area contributed by atoms with Crippen molar-refractivity contribution in [1.82, 2.24) is 0 Å².